The number of nitrogens with zero attached hydrogens (tertiary/aromatic N) is 1. The van der Waals surface area contributed by atoms with Gasteiger partial charge >= 0.3 is 0 Å². The molecule has 0 spiro atoms. The van der Waals surface area contributed by atoms with Crippen LogP contribution >= 0.6 is 0 Å². The second-order valence-electron chi connectivity index (χ2n) is 12.9. The summed E-state index contributed by atoms with van der Waals surface area (Å²) in [5.74, 6) is 0. The number of benzene rings is 9. The Balaban J connectivity index is 1.32. The van der Waals surface area contributed by atoms with Crippen molar-refractivity contribution in [3.8, 4) is 22.3 Å². The summed E-state index contributed by atoms with van der Waals surface area (Å²) >= 11 is 0. The van der Waals surface area contributed by atoms with Crippen LogP contribution in [0.3, 0.4) is 0 Å². The second-order valence-corrected chi connectivity index (χ2v) is 12.9. The fourth-order valence-corrected chi connectivity index (χ4v) is 7.73. The Morgan fingerprint density at radius 1 is 0.360 bits per heavy atom. The highest BCUT2D eigenvalue weighted by molar-refractivity contribution is 6.19. The van der Waals surface area contributed by atoms with Gasteiger partial charge in [0.1, 0.15) is 11.2 Å². The maximum Gasteiger partial charge on any atom is 0.145 e. The molecule has 50 heavy (non-hydrogen) atoms. The number of rotatable bonds is 5. The van der Waals surface area contributed by atoms with Gasteiger partial charge in [-0.15, -0.1) is 0 Å². The first-order valence-corrected chi connectivity index (χ1v) is 17.1. The number of anilines is 3. The molecule has 0 bridgehead atoms. The fraction of sp³-hybridized carbons (Fsp3) is 0. The highest BCUT2D eigenvalue weighted by Crippen LogP contribution is 2.49. The van der Waals surface area contributed by atoms with Crippen molar-refractivity contribution in [1.29, 1.82) is 0 Å². The summed E-state index contributed by atoms with van der Waals surface area (Å²) in [6.07, 6.45) is 0. The molecule has 2 nitrogen and oxygen atoms in total. The van der Waals surface area contributed by atoms with E-state index in [-0.39, 0.29) is 0 Å². The van der Waals surface area contributed by atoms with Gasteiger partial charge < -0.3 is 9.32 Å². The third-order valence-corrected chi connectivity index (χ3v) is 10.0. The van der Waals surface area contributed by atoms with Crippen molar-refractivity contribution in [2.75, 3.05) is 4.90 Å². The molecule has 0 aliphatic carbocycles. The summed E-state index contributed by atoms with van der Waals surface area (Å²) in [7, 11) is 0. The minimum absolute atomic E-state index is 0.876. The molecule has 0 unspecified atom stereocenters. The van der Waals surface area contributed by atoms with Gasteiger partial charge in [-0.25, -0.2) is 0 Å². The van der Waals surface area contributed by atoms with Crippen molar-refractivity contribution in [1.82, 2.24) is 0 Å². The van der Waals surface area contributed by atoms with Gasteiger partial charge in [-0.1, -0.05) is 152 Å². The molecule has 0 saturated heterocycles. The molecule has 0 aliphatic heterocycles. The minimum atomic E-state index is 0.876. The maximum atomic E-state index is 6.77. The van der Waals surface area contributed by atoms with Crippen LogP contribution in [-0.2, 0) is 0 Å². The average Bonchev–Trinajstić information content (AvgIpc) is 3.59. The lowest BCUT2D eigenvalue weighted by Crippen LogP contribution is -2.11. The summed E-state index contributed by atoms with van der Waals surface area (Å²) < 4.78 is 6.77. The molecular weight excluding hydrogens is 607 g/mol. The quantitative estimate of drug-likeness (QED) is 0.175. The largest absolute Gasteiger partial charge is 0.455 e. The number of hydrogen-bond acceptors (Lipinski definition) is 2. The van der Waals surface area contributed by atoms with E-state index in [2.05, 4.69) is 193 Å². The Hall–Kier alpha value is -6.64. The Bertz CT molecular complexity index is 2870. The molecule has 0 atom stereocenters. The highest BCUT2D eigenvalue weighted by Gasteiger charge is 2.24. The molecule has 2 heteroatoms. The van der Waals surface area contributed by atoms with Crippen LogP contribution in [0.5, 0.6) is 0 Å². The average molecular weight is 638 g/mol. The van der Waals surface area contributed by atoms with Crippen molar-refractivity contribution in [2.24, 2.45) is 0 Å². The van der Waals surface area contributed by atoms with Crippen molar-refractivity contribution in [2.45, 2.75) is 0 Å². The summed E-state index contributed by atoms with van der Waals surface area (Å²) in [6.45, 7) is 0. The van der Waals surface area contributed by atoms with E-state index in [1.165, 1.54) is 43.4 Å². The van der Waals surface area contributed by atoms with Crippen molar-refractivity contribution >= 4 is 71.3 Å². The van der Waals surface area contributed by atoms with Crippen LogP contribution in [-0.4, -0.2) is 0 Å². The first-order valence-electron chi connectivity index (χ1n) is 17.1. The van der Waals surface area contributed by atoms with Gasteiger partial charge in [0.2, 0.25) is 0 Å². The number of fused-ring (bicyclic) bond motifs is 7. The van der Waals surface area contributed by atoms with Crippen LogP contribution in [0.2, 0.25) is 0 Å². The second kappa shape index (κ2) is 11.5. The zero-order chi connectivity index (χ0) is 33.0. The van der Waals surface area contributed by atoms with Gasteiger partial charge in [0, 0.05) is 22.0 Å². The predicted octanol–water partition coefficient (Wildman–Crippen LogP) is 13.8. The Labute approximate surface area is 290 Å². The molecule has 10 rings (SSSR count). The van der Waals surface area contributed by atoms with E-state index in [1.807, 2.05) is 0 Å². The van der Waals surface area contributed by atoms with Crippen LogP contribution < -0.4 is 4.90 Å². The molecule has 0 radical (unpaired) electrons. The first-order chi connectivity index (χ1) is 24.8. The van der Waals surface area contributed by atoms with Crippen molar-refractivity contribution in [3.05, 3.63) is 188 Å². The van der Waals surface area contributed by atoms with E-state index in [0.717, 1.165) is 50.1 Å². The standard InChI is InChI=1S/C48H31NO/c1-3-13-32(14-4-1)38-27-29-44(41-20-10-9-19-40(38)41)49(36-26-25-35-24-23-34-17-7-8-18-37(34)43(35)31-36)45-30-28-39(33-15-5-2-6-16-33)48-47(45)42-21-11-12-22-46(42)50-48/h1-31H. The van der Waals surface area contributed by atoms with Crippen LogP contribution in [0.25, 0.3) is 76.5 Å². The molecule has 9 aromatic carbocycles. The number of hydrogen-bond donors (Lipinski definition) is 0. The van der Waals surface area contributed by atoms with Gasteiger partial charge in [-0.05, 0) is 80.0 Å². The van der Waals surface area contributed by atoms with E-state index in [0.29, 0.717) is 0 Å². The van der Waals surface area contributed by atoms with Crippen LogP contribution in [0, 0.1) is 0 Å². The smallest absolute Gasteiger partial charge is 0.145 e. The zero-order valence-corrected chi connectivity index (χ0v) is 27.3. The summed E-state index contributed by atoms with van der Waals surface area (Å²) in [4.78, 5) is 2.44. The van der Waals surface area contributed by atoms with E-state index in [4.69, 9.17) is 4.42 Å². The van der Waals surface area contributed by atoms with Crippen LogP contribution in [0.1, 0.15) is 0 Å². The lowest BCUT2D eigenvalue weighted by atomic mass is 9.95. The molecule has 0 fully saturated rings. The lowest BCUT2D eigenvalue weighted by molar-refractivity contribution is 0.670. The minimum Gasteiger partial charge on any atom is -0.455 e. The molecule has 1 aromatic heterocycles. The Kier molecular flexibility index (Phi) is 6.53. The third kappa shape index (κ3) is 4.50. The number of furan rings is 1. The normalized spacial score (nSPS) is 11.6. The molecule has 0 N–H and O–H groups in total. The van der Waals surface area contributed by atoms with Gasteiger partial charge in [0.25, 0.3) is 0 Å². The Morgan fingerprint density at radius 3 is 1.70 bits per heavy atom. The van der Waals surface area contributed by atoms with E-state index >= 15 is 0 Å². The lowest BCUT2D eigenvalue weighted by Gasteiger charge is -2.29. The van der Waals surface area contributed by atoms with Crippen molar-refractivity contribution < 1.29 is 4.42 Å². The van der Waals surface area contributed by atoms with Gasteiger partial charge in [-0.3, -0.25) is 0 Å². The predicted molar refractivity (Wildman–Crippen MR) is 212 cm³/mol. The molecule has 10 aromatic rings. The molecule has 0 saturated carbocycles. The number of para-hydroxylation sites is 1. The molecule has 234 valence electrons. The molecule has 1 heterocycles. The first kappa shape index (κ1) is 28.4. The van der Waals surface area contributed by atoms with Gasteiger partial charge in [0.05, 0.1) is 16.8 Å². The maximum absolute atomic E-state index is 6.77. The molecule has 0 aliphatic rings. The van der Waals surface area contributed by atoms with Crippen LogP contribution in [0.4, 0.5) is 17.1 Å². The topological polar surface area (TPSA) is 16.4 Å². The fourth-order valence-electron chi connectivity index (χ4n) is 7.73. The molecular formula is C48H31NO. The summed E-state index contributed by atoms with van der Waals surface area (Å²) in [5, 5.41) is 9.50. The SMILES string of the molecule is c1ccc(-c2ccc(N(c3ccc4ccc5ccccc5c4c3)c3ccc(-c4ccccc4)c4oc5ccccc5c34)c3ccccc23)cc1. The van der Waals surface area contributed by atoms with Crippen LogP contribution in [0.15, 0.2) is 192 Å². The third-order valence-electron chi connectivity index (χ3n) is 10.0. The highest BCUT2D eigenvalue weighted by atomic mass is 16.3. The molecule has 0 amide bonds. The van der Waals surface area contributed by atoms with Gasteiger partial charge in [0.15, 0.2) is 0 Å². The van der Waals surface area contributed by atoms with Crippen molar-refractivity contribution in [3.63, 3.8) is 0 Å². The monoisotopic (exact) mass is 637 g/mol. The van der Waals surface area contributed by atoms with E-state index in [1.54, 1.807) is 0 Å². The summed E-state index contributed by atoms with van der Waals surface area (Å²) in [5.41, 5.74) is 9.66. The van der Waals surface area contributed by atoms with E-state index in [9.17, 15) is 0 Å². The van der Waals surface area contributed by atoms with Gasteiger partial charge in [-0.2, -0.15) is 0 Å². The van der Waals surface area contributed by atoms with E-state index < -0.39 is 0 Å². The zero-order valence-electron chi connectivity index (χ0n) is 27.3. The Morgan fingerprint density at radius 2 is 0.920 bits per heavy atom. The summed E-state index contributed by atoms with van der Waals surface area (Å²) in [6, 6.07) is 67.5.